The van der Waals surface area contributed by atoms with Gasteiger partial charge in [0.05, 0.1) is 43.0 Å². The van der Waals surface area contributed by atoms with Gasteiger partial charge >= 0.3 is 6.03 Å². The highest BCUT2D eigenvalue weighted by atomic mass is 16.5. The summed E-state index contributed by atoms with van der Waals surface area (Å²) in [4.78, 5) is 20.2. The van der Waals surface area contributed by atoms with E-state index in [0.29, 0.717) is 30.9 Å². The van der Waals surface area contributed by atoms with Crippen LogP contribution in [0.4, 0.5) is 4.79 Å². The van der Waals surface area contributed by atoms with Crippen LogP contribution in [-0.2, 0) is 12.1 Å². The molecule has 3 fully saturated rings. The predicted octanol–water partition coefficient (Wildman–Crippen LogP) is 4.49. The van der Waals surface area contributed by atoms with Crippen molar-refractivity contribution in [3.63, 3.8) is 0 Å². The molecule has 1 heterocycles. The third-order valence-corrected chi connectivity index (χ3v) is 9.24. The van der Waals surface area contributed by atoms with Crippen molar-refractivity contribution >= 4 is 6.03 Å². The van der Waals surface area contributed by atoms with Gasteiger partial charge in [-0.05, 0) is 82.8 Å². The van der Waals surface area contributed by atoms with Gasteiger partial charge in [0.1, 0.15) is 5.75 Å². The quantitative estimate of drug-likeness (QED) is 0.604. The molecular weight excluding hydrogens is 464 g/mol. The Morgan fingerprint density at radius 2 is 1.76 bits per heavy atom. The smallest absolute Gasteiger partial charge is 0.321 e. The van der Waals surface area contributed by atoms with Gasteiger partial charge in [-0.15, -0.1) is 0 Å². The number of urea groups is 1. The summed E-state index contributed by atoms with van der Waals surface area (Å²) in [5.74, 6) is 0.677. The van der Waals surface area contributed by atoms with Gasteiger partial charge in [-0.2, -0.15) is 5.26 Å². The number of amides is 2. The lowest BCUT2D eigenvalue weighted by Crippen LogP contribution is -2.59. The van der Waals surface area contributed by atoms with E-state index < -0.39 is 5.60 Å². The van der Waals surface area contributed by atoms with Gasteiger partial charge in [-0.25, -0.2) is 4.79 Å². The first-order valence-electron chi connectivity index (χ1n) is 13.3. The lowest BCUT2D eigenvalue weighted by atomic mass is 9.67. The van der Waals surface area contributed by atoms with E-state index in [2.05, 4.69) is 55.4 Å². The highest BCUT2D eigenvalue weighted by Gasteiger charge is 2.56. The molecule has 7 nitrogen and oxygen atoms in total. The summed E-state index contributed by atoms with van der Waals surface area (Å²) in [6.07, 6.45) is 6.11. The van der Waals surface area contributed by atoms with Gasteiger partial charge in [0.2, 0.25) is 0 Å². The molecule has 2 amide bonds. The number of carbonyl (C=O) groups excluding carboxylic acids is 1. The SMILES string of the molecule is COc1ccc(C#N)cc1CN1C[C@]2(CC[C@@](c3ccccc3)(N(C)C)CC2)N(CC2(O)CCC2)C1=O. The molecule has 1 N–H and O–H groups in total. The molecule has 2 aliphatic carbocycles. The van der Waals surface area contributed by atoms with Gasteiger partial charge in [0, 0.05) is 17.6 Å². The predicted molar refractivity (Wildman–Crippen MR) is 142 cm³/mol. The summed E-state index contributed by atoms with van der Waals surface area (Å²) in [7, 11) is 5.92. The number of β-amino-alcohol motifs (C(OH)–C–C–N with tert-alkyl or cyclic N) is 1. The molecule has 1 spiro atoms. The second kappa shape index (κ2) is 9.66. The Morgan fingerprint density at radius 1 is 1.05 bits per heavy atom. The molecule has 1 aliphatic heterocycles. The fourth-order valence-electron chi connectivity index (χ4n) is 6.75. The highest BCUT2D eigenvalue weighted by molar-refractivity contribution is 5.78. The number of ether oxygens (including phenoxy) is 1. The van der Waals surface area contributed by atoms with Crippen molar-refractivity contribution in [3.05, 3.63) is 65.2 Å². The normalized spacial score (nSPS) is 26.9. The van der Waals surface area contributed by atoms with Crippen LogP contribution < -0.4 is 4.74 Å². The molecule has 0 bridgehead atoms. The fraction of sp³-hybridized carbons (Fsp3) is 0.533. The topological polar surface area (TPSA) is 80.0 Å². The minimum Gasteiger partial charge on any atom is -0.496 e. The first-order chi connectivity index (χ1) is 17.7. The summed E-state index contributed by atoms with van der Waals surface area (Å²) in [6.45, 7) is 1.38. The van der Waals surface area contributed by atoms with Crippen molar-refractivity contribution in [2.24, 2.45) is 0 Å². The molecule has 2 aromatic rings. The molecule has 1 saturated heterocycles. The Hall–Kier alpha value is -3.08. The van der Waals surface area contributed by atoms with E-state index in [9.17, 15) is 15.2 Å². The number of benzene rings is 2. The number of aliphatic hydroxyl groups is 1. The zero-order valence-electron chi connectivity index (χ0n) is 22.2. The largest absolute Gasteiger partial charge is 0.496 e. The van der Waals surface area contributed by atoms with Crippen LogP contribution in [0, 0.1) is 11.3 Å². The minimum absolute atomic E-state index is 0.0261. The minimum atomic E-state index is -0.785. The van der Waals surface area contributed by atoms with Crippen LogP contribution in [0.25, 0.3) is 0 Å². The summed E-state index contributed by atoms with van der Waals surface area (Å²) >= 11 is 0. The zero-order chi connectivity index (χ0) is 26.3. The van der Waals surface area contributed by atoms with Crippen molar-refractivity contribution in [2.45, 2.75) is 68.2 Å². The van der Waals surface area contributed by atoms with Crippen molar-refractivity contribution in [1.82, 2.24) is 14.7 Å². The summed E-state index contributed by atoms with van der Waals surface area (Å²) in [6, 6.07) is 18.2. The molecule has 7 heteroatoms. The van der Waals surface area contributed by atoms with Gasteiger partial charge in [-0.1, -0.05) is 30.3 Å². The summed E-state index contributed by atoms with van der Waals surface area (Å²) in [5.41, 5.74) is 1.51. The van der Waals surface area contributed by atoms with Crippen molar-refractivity contribution in [2.75, 3.05) is 34.3 Å². The number of nitriles is 1. The lowest BCUT2D eigenvalue weighted by Gasteiger charge is -2.52. The molecule has 2 aromatic carbocycles. The maximum absolute atomic E-state index is 13.9. The standard InChI is InChI=1S/C30H38N4O3/c1-32(2)30(25-8-5-4-6-9-25)16-14-28(15-17-30)21-33(27(35)34(28)22-29(36)12-7-13-29)20-24-18-23(19-31)10-11-26(24)37-3/h4-6,8-11,18,36H,7,12-17,20-22H2,1-3H3/t28-,30-. The average molecular weight is 503 g/mol. The van der Waals surface area contributed by atoms with E-state index in [1.165, 1.54) is 5.56 Å². The molecule has 5 rings (SSSR count). The summed E-state index contributed by atoms with van der Waals surface area (Å²) in [5, 5.41) is 20.5. The average Bonchev–Trinajstić information content (AvgIpc) is 3.13. The van der Waals surface area contributed by atoms with E-state index >= 15 is 0 Å². The van der Waals surface area contributed by atoms with E-state index in [0.717, 1.165) is 50.5 Å². The number of carbonyl (C=O) groups is 1. The number of methoxy groups -OCH3 is 1. The van der Waals surface area contributed by atoms with E-state index in [1.807, 2.05) is 15.9 Å². The molecule has 0 radical (unpaired) electrons. The molecule has 0 aromatic heterocycles. The Labute approximate surface area is 220 Å². The first-order valence-corrected chi connectivity index (χ1v) is 13.3. The number of hydrogen-bond donors (Lipinski definition) is 1. The Bertz CT molecular complexity index is 1180. The van der Waals surface area contributed by atoms with E-state index in [-0.39, 0.29) is 17.1 Å². The maximum Gasteiger partial charge on any atom is 0.321 e. The lowest BCUT2D eigenvalue weighted by molar-refractivity contribution is -0.0725. The van der Waals surface area contributed by atoms with Crippen LogP contribution in [0.5, 0.6) is 5.75 Å². The maximum atomic E-state index is 13.9. The van der Waals surface area contributed by atoms with Crippen LogP contribution >= 0.6 is 0 Å². The molecule has 37 heavy (non-hydrogen) atoms. The Balaban J connectivity index is 1.45. The second-order valence-corrected chi connectivity index (χ2v) is 11.5. The number of rotatable bonds is 7. The van der Waals surface area contributed by atoms with Gasteiger partial charge in [0.25, 0.3) is 0 Å². The Kier molecular flexibility index (Phi) is 6.68. The van der Waals surface area contributed by atoms with Crippen LogP contribution in [-0.4, -0.2) is 71.3 Å². The van der Waals surface area contributed by atoms with Crippen LogP contribution in [0.15, 0.2) is 48.5 Å². The Morgan fingerprint density at radius 3 is 2.32 bits per heavy atom. The monoisotopic (exact) mass is 502 g/mol. The van der Waals surface area contributed by atoms with Gasteiger partial charge in [-0.3, -0.25) is 4.90 Å². The van der Waals surface area contributed by atoms with Gasteiger partial charge in [0.15, 0.2) is 0 Å². The molecule has 3 aliphatic rings. The fourth-order valence-corrected chi connectivity index (χ4v) is 6.75. The zero-order valence-corrected chi connectivity index (χ0v) is 22.2. The number of hydrogen-bond acceptors (Lipinski definition) is 5. The second-order valence-electron chi connectivity index (χ2n) is 11.5. The van der Waals surface area contributed by atoms with E-state index in [4.69, 9.17) is 4.74 Å². The molecule has 196 valence electrons. The van der Waals surface area contributed by atoms with Crippen LogP contribution in [0.1, 0.15) is 61.6 Å². The molecule has 0 atom stereocenters. The molecular formula is C30H38N4O3. The van der Waals surface area contributed by atoms with Crippen molar-refractivity contribution < 1.29 is 14.6 Å². The number of nitrogens with zero attached hydrogens (tertiary/aromatic N) is 4. The first kappa shape index (κ1) is 25.6. The molecule has 2 saturated carbocycles. The highest BCUT2D eigenvalue weighted by Crippen LogP contribution is 2.50. The summed E-state index contributed by atoms with van der Waals surface area (Å²) < 4.78 is 5.56. The van der Waals surface area contributed by atoms with Gasteiger partial charge < -0.3 is 19.6 Å². The van der Waals surface area contributed by atoms with Crippen LogP contribution in [0.3, 0.4) is 0 Å². The third-order valence-electron chi connectivity index (χ3n) is 9.24. The van der Waals surface area contributed by atoms with Crippen molar-refractivity contribution in [1.29, 1.82) is 5.26 Å². The third kappa shape index (κ3) is 4.47. The van der Waals surface area contributed by atoms with Crippen LogP contribution in [0.2, 0.25) is 0 Å². The molecule has 0 unspecified atom stereocenters. The van der Waals surface area contributed by atoms with Crippen molar-refractivity contribution in [3.8, 4) is 11.8 Å². The van der Waals surface area contributed by atoms with E-state index in [1.54, 1.807) is 19.2 Å².